The molecule has 0 saturated carbocycles. The zero-order chi connectivity index (χ0) is 18.3. The van der Waals surface area contributed by atoms with Crippen molar-refractivity contribution in [1.29, 1.82) is 0 Å². The Morgan fingerprint density at radius 3 is 2.27 bits per heavy atom. The third kappa shape index (κ3) is 2.84. The van der Waals surface area contributed by atoms with Crippen molar-refractivity contribution in [3.8, 4) is 0 Å². The van der Waals surface area contributed by atoms with Crippen LogP contribution in [0.5, 0.6) is 0 Å². The van der Waals surface area contributed by atoms with Crippen LogP contribution in [0.15, 0.2) is 76.4 Å². The summed E-state index contributed by atoms with van der Waals surface area (Å²) in [6.45, 7) is 1.90. The number of anilines is 1. The van der Waals surface area contributed by atoms with Crippen molar-refractivity contribution in [1.82, 2.24) is 4.98 Å². The maximum atomic E-state index is 12.6. The van der Waals surface area contributed by atoms with E-state index in [1.807, 2.05) is 19.1 Å². The topological polar surface area (TPSA) is 79.0 Å². The minimum atomic E-state index is -3.68. The van der Waals surface area contributed by atoms with Gasteiger partial charge in [0.05, 0.1) is 4.90 Å². The number of sulfonamides is 1. The maximum Gasteiger partial charge on any atom is 0.261 e. The van der Waals surface area contributed by atoms with E-state index in [4.69, 9.17) is 0 Å². The second kappa shape index (κ2) is 6.00. The van der Waals surface area contributed by atoms with Crippen molar-refractivity contribution in [2.45, 2.75) is 11.8 Å². The molecule has 6 heteroatoms. The van der Waals surface area contributed by atoms with E-state index in [0.29, 0.717) is 16.6 Å². The van der Waals surface area contributed by atoms with Crippen LogP contribution in [0.4, 0.5) is 5.69 Å². The van der Waals surface area contributed by atoms with Crippen LogP contribution in [0, 0.1) is 6.92 Å². The van der Waals surface area contributed by atoms with Gasteiger partial charge in [-0.2, -0.15) is 0 Å². The molecule has 0 aliphatic heterocycles. The first-order valence-corrected chi connectivity index (χ1v) is 9.57. The largest absolute Gasteiger partial charge is 0.321 e. The summed E-state index contributed by atoms with van der Waals surface area (Å²) in [5, 5.41) is 2.13. The molecule has 0 amide bonds. The van der Waals surface area contributed by atoms with Crippen molar-refractivity contribution in [3.63, 3.8) is 0 Å². The lowest BCUT2D eigenvalue weighted by Crippen LogP contribution is -2.13. The number of pyridine rings is 1. The predicted octanol–water partition coefficient (Wildman–Crippen LogP) is 3.79. The number of aromatic amines is 1. The SMILES string of the molecule is Cc1ccc(S(=O)(=O)Nc2ccc3[nH]c(=O)c4ccccc4c3c2)cc1. The molecule has 0 unspecified atom stereocenters. The van der Waals surface area contributed by atoms with E-state index >= 15 is 0 Å². The van der Waals surface area contributed by atoms with Crippen LogP contribution in [-0.4, -0.2) is 13.4 Å². The fourth-order valence-corrected chi connectivity index (χ4v) is 4.03. The average molecular weight is 364 g/mol. The number of nitrogens with one attached hydrogen (secondary N) is 2. The molecule has 26 heavy (non-hydrogen) atoms. The number of hydrogen-bond donors (Lipinski definition) is 2. The summed E-state index contributed by atoms with van der Waals surface area (Å²) in [5.74, 6) is 0. The highest BCUT2D eigenvalue weighted by molar-refractivity contribution is 7.92. The van der Waals surface area contributed by atoms with Gasteiger partial charge in [-0.25, -0.2) is 8.42 Å². The second-order valence-electron chi connectivity index (χ2n) is 6.18. The summed E-state index contributed by atoms with van der Waals surface area (Å²) >= 11 is 0. The Bertz CT molecular complexity index is 1290. The summed E-state index contributed by atoms with van der Waals surface area (Å²) < 4.78 is 27.8. The summed E-state index contributed by atoms with van der Waals surface area (Å²) in [4.78, 5) is 15.2. The highest BCUT2D eigenvalue weighted by Crippen LogP contribution is 2.25. The molecule has 0 fully saturated rings. The fraction of sp³-hybridized carbons (Fsp3) is 0.0500. The molecule has 0 saturated heterocycles. The third-order valence-electron chi connectivity index (χ3n) is 4.31. The second-order valence-corrected chi connectivity index (χ2v) is 7.86. The zero-order valence-electron chi connectivity index (χ0n) is 14.0. The first-order chi connectivity index (χ1) is 12.4. The Hall–Kier alpha value is -3.12. The van der Waals surface area contributed by atoms with E-state index < -0.39 is 10.0 Å². The highest BCUT2D eigenvalue weighted by Gasteiger charge is 2.14. The number of H-pyrrole nitrogens is 1. The van der Waals surface area contributed by atoms with E-state index in [-0.39, 0.29) is 10.5 Å². The quantitative estimate of drug-likeness (QED) is 0.543. The summed E-state index contributed by atoms with van der Waals surface area (Å²) in [7, 11) is -3.68. The number of aromatic nitrogens is 1. The van der Waals surface area contributed by atoms with Crippen LogP contribution >= 0.6 is 0 Å². The molecular formula is C20H16N2O3S. The molecule has 0 radical (unpaired) electrons. The van der Waals surface area contributed by atoms with Gasteiger partial charge in [-0.05, 0) is 48.7 Å². The maximum absolute atomic E-state index is 12.6. The van der Waals surface area contributed by atoms with E-state index in [2.05, 4.69) is 9.71 Å². The summed E-state index contributed by atoms with van der Waals surface area (Å²) in [6.07, 6.45) is 0. The van der Waals surface area contributed by atoms with E-state index in [1.54, 1.807) is 54.6 Å². The molecular weight excluding hydrogens is 348 g/mol. The summed E-state index contributed by atoms with van der Waals surface area (Å²) in [6, 6.07) is 19.0. The molecule has 1 aromatic heterocycles. The average Bonchev–Trinajstić information content (AvgIpc) is 2.63. The molecule has 130 valence electrons. The van der Waals surface area contributed by atoms with Crippen LogP contribution in [0.25, 0.3) is 21.7 Å². The van der Waals surface area contributed by atoms with Crippen LogP contribution in [-0.2, 0) is 10.0 Å². The third-order valence-corrected chi connectivity index (χ3v) is 5.71. The number of rotatable bonds is 3. The number of aryl methyl sites for hydroxylation is 1. The van der Waals surface area contributed by atoms with Crippen LogP contribution in [0.2, 0.25) is 0 Å². The highest BCUT2D eigenvalue weighted by atomic mass is 32.2. The Kier molecular flexibility index (Phi) is 3.77. The Morgan fingerprint density at radius 1 is 0.846 bits per heavy atom. The van der Waals surface area contributed by atoms with Crippen molar-refractivity contribution in [3.05, 3.63) is 82.6 Å². The minimum Gasteiger partial charge on any atom is -0.321 e. The molecule has 0 aliphatic carbocycles. The number of hydrogen-bond acceptors (Lipinski definition) is 3. The molecule has 0 atom stereocenters. The van der Waals surface area contributed by atoms with Gasteiger partial charge in [-0.1, -0.05) is 35.9 Å². The van der Waals surface area contributed by atoms with Crippen LogP contribution in [0.3, 0.4) is 0 Å². The Balaban J connectivity index is 1.83. The van der Waals surface area contributed by atoms with E-state index in [9.17, 15) is 13.2 Å². The van der Waals surface area contributed by atoms with Gasteiger partial charge in [0.25, 0.3) is 15.6 Å². The van der Waals surface area contributed by atoms with Gasteiger partial charge in [0, 0.05) is 22.0 Å². The van der Waals surface area contributed by atoms with Crippen molar-refractivity contribution < 1.29 is 8.42 Å². The Labute approximate surface area is 150 Å². The van der Waals surface area contributed by atoms with E-state index in [1.165, 1.54) is 0 Å². The fourth-order valence-electron chi connectivity index (χ4n) is 2.98. The van der Waals surface area contributed by atoms with Gasteiger partial charge in [-0.3, -0.25) is 9.52 Å². The van der Waals surface area contributed by atoms with Gasteiger partial charge < -0.3 is 4.98 Å². The van der Waals surface area contributed by atoms with Gasteiger partial charge in [0.1, 0.15) is 0 Å². The van der Waals surface area contributed by atoms with E-state index in [0.717, 1.165) is 16.3 Å². The first-order valence-electron chi connectivity index (χ1n) is 8.08. The number of fused-ring (bicyclic) bond motifs is 3. The van der Waals surface area contributed by atoms with Gasteiger partial charge in [0.15, 0.2) is 0 Å². The first kappa shape index (κ1) is 16.4. The molecule has 5 nitrogen and oxygen atoms in total. The monoisotopic (exact) mass is 364 g/mol. The van der Waals surface area contributed by atoms with Gasteiger partial charge in [0.2, 0.25) is 0 Å². The van der Waals surface area contributed by atoms with Crippen molar-refractivity contribution in [2.75, 3.05) is 4.72 Å². The molecule has 1 heterocycles. The van der Waals surface area contributed by atoms with Gasteiger partial charge in [-0.15, -0.1) is 0 Å². The molecule has 4 aromatic rings. The van der Waals surface area contributed by atoms with Crippen molar-refractivity contribution >= 4 is 37.4 Å². The lowest BCUT2D eigenvalue weighted by atomic mass is 10.1. The lowest BCUT2D eigenvalue weighted by molar-refractivity contribution is 0.601. The van der Waals surface area contributed by atoms with Crippen LogP contribution < -0.4 is 10.3 Å². The van der Waals surface area contributed by atoms with Gasteiger partial charge >= 0.3 is 0 Å². The molecule has 0 spiro atoms. The molecule has 3 aromatic carbocycles. The molecule has 0 aliphatic rings. The van der Waals surface area contributed by atoms with Crippen LogP contribution in [0.1, 0.15) is 5.56 Å². The molecule has 0 bridgehead atoms. The lowest BCUT2D eigenvalue weighted by Gasteiger charge is -2.10. The minimum absolute atomic E-state index is 0.166. The predicted molar refractivity (Wildman–Crippen MR) is 104 cm³/mol. The zero-order valence-corrected chi connectivity index (χ0v) is 14.8. The standard InChI is InChI=1S/C20H16N2O3S/c1-13-6-9-15(10-7-13)26(24,25)22-14-8-11-19-18(12-14)16-4-2-3-5-17(16)20(23)21-19/h2-12,22H,1H3,(H,21,23). The molecule has 2 N–H and O–H groups in total. The van der Waals surface area contributed by atoms with Crippen molar-refractivity contribution in [2.24, 2.45) is 0 Å². The Morgan fingerprint density at radius 2 is 1.54 bits per heavy atom. The number of benzene rings is 3. The summed E-state index contributed by atoms with van der Waals surface area (Å²) in [5.41, 5.74) is 1.92. The molecule has 4 rings (SSSR count). The smallest absolute Gasteiger partial charge is 0.261 e. The normalized spacial score (nSPS) is 11.7.